The summed E-state index contributed by atoms with van der Waals surface area (Å²) in [6.07, 6.45) is 3.82. The van der Waals surface area contributed by atoms with Crippen LogP contribution in [0.2, 0.25) is 0 Å². The molecule has 2 N–H and O–H groups in total. The Morgan fingerprint density at radius 1 is 1.60 bits per heavy atom. The van der Waals surface area contributed by atoms with Crippen molar-refractivity contribution in [2.24, 2.45) is 17.1 Å². The van der Waals surface area contributed by atoms with E-state index < -0.39 is 6.09 Å². The number of amides is 1. The van der Waals surface area contributed by atoms with Gasteiger partial charge in [0.15, 0.2) is 0 Å². The maximum absolute atomic E-state index is 10.8. The standard InChI is InChI=1S/C11H20INO2/c1-3-11(2,7-12)8-5-4-6-9(8)15-10(13)14/h8-9H,3-7H2,1-2H3,(H2,13,14). The topological polar surface area (TPSA) is 52.3 Å². The summed E-state index contributed by atoms with van der Waals surface area (Å²) in [6, 6.07) is 0. The van der Waals surface area contributed by atoms with Crippen LogP contribution in [-0.2, 0) is 4.74 Å². The quantitative estimate of drug-likeness (QED) is 0.638. The highest BCUT2D eigenvalue weighted by atomic mass is 127. The predicted octanol–water partition coefficient (Wildman–Crippen LogP) is 3.10. The minimum absolute atomic E-state index is 0.0437. The molecule has 0 radical (unpaired) electrons. The molecule has 1 amide bonds. The summed E-state index contributed by atoms with van der Waals surface area (Å²) < 4.78 is 6.31. The van der Waals surface area contributed by atoms with Crippen molar-refractivity contribution in [3.05, 3.63) is 0 Å². The van der Waals surface area contributed by atoms with Gasteiger partial charge in [-0.3, -0.25) is 0 Å². The van der Waals surface area contributed by atoms with Gasteiger partial charge in [0, 0.05) is 10.3 Å². The first-order valence-corrected chi connectivity index (χ1v) is 7.08. The van der Waals surface area contributed by atoms with Crippen molar-refractivity contribution < 1.29 is 9.53 Å². The zero-order valence-electron chi connectivity index (χ0n) is 9.46. The molecule has 0 heterocycles. The molecule has 0 saturated heterocycles. The molecule has 0 bridgehead atoms. The van der Waals surface area contributed by atoms with Gasteiger partial charge in [0.25, 0.3) is 0 Å². The first-order valence-electron chi connectivity index (χ1n) is 5.55. The maximum atomic E-state index is 10.8. The zero-order chi connectivity index (χ0) is 11.5. The van der Waals surface area contributed by atoms with E-state index in [1.54, 1.807) is 0 Å². The van der Waals surface area contributed by atoms with Crippen molar-refractivity contribution in [1.29, 1.82) is 0 Å². The number of alkyl halides is 1. The molecule has 3 nitrogen and oxygen atoms in total. The Labute approximate surface area is 105 Å². The summed E-state index contributed by atoms with van der Waals surface area (Å²) >= 11 is 2.43. The van der Waals surface area contributed by atoms with Crippen molar-refractivity contribution in [3.63, 3.8) is 0 Å². The lowest BCUT2D eigenvalue weighted by molar-refractivity contribution is 0.0390. The molecular formula is C11H20INO2. The summed E-state index contributed by atoms with van der Waals surface area (Å²) in [5.74, 6) is 0.479. The summed E-state index contributed by atoms with van der Waals surface area (Å²) in [4.78, 5) is 10.8. The molecule has 88 valence electrons. The number of ether oxygens (including phenoxy) is 1. The largest absolute Gasteiger partial charge is 0.446 e. The maximum Gasteiger partial charge on any atom is 0.404 e. The van der Waals surface area contributed by atoms with Gasteiger partial charge in [-0.1, -0.05) is 36.4 Å². The lowest BCUT2D eigenvalue weighted by Gasteiger charge is -2.36. The third-order valence-electron chi connectivity index (χ3n) is 3.73. The van der Waals surface area contributed by atoms with Crippen LogP contribution < -0.4 is 5.73 Å². The fraction of sp³-hybridized carbons (Fsp3) is 0.909. The number of primary amides is 1. The van der Waals surface area contributed by atoms with E-state index >= 15 is 0 Å². The van der Waals surface area contributed by atoms with E-state index in [2.05, 4.69) is 36.4 Å². The van der Waals surface area contributed by atoms with Crippen LogP contribution in [0.5, 0.6) is 0 Å². The van der Waals surface area contributed by atoms with Gasteiger partial charge < -0.3 is 10.5 Å². The monoisotopic (exact) mass is 325 g/mol. The van der Waals surface area contributed by atoms with Crippen molar-refractivity contribution in [3.8, 4) is 0 Å². The Bertz CT molecular complexity index is 229. The van der Waals surface area contributed by atoms with Crippen LogP contribution in [0.15, 0.2) is 0 Å². The Kier molecular flexibility index (Phi) is 4.67. The van der Waals surface area contributed by atoms with Gasteiger partial charge in [-0.2, -0.15) is 0 Å². The third kappa shape index (κ3) is 2.98. The molecule has 0 spiro atoms. The summed E-state index contributed by atoms with van der Waals surface area (Å²) in [7, 11) is 0. The molecule has 0 aliphatic heterocycles. The molecule has 1 fully saturated rings. The van der Waals surface area contributed by atoms with Gasteiger partial charge >= 0.3 is 6.09 Å². The van der Waals surface area contributed by atoms with E-state index in [1.165, 1.54) is 0 Å². The van der Waals surface area contributed by atoms with Crippen LogP contribution in [0.25, 0.3) is 0 Å². The van der Waals surface area contributed by atoms with Crippen LogP contribution in [0, 0.1) is 11.3 Å². The van der Waals surface area contributed by atoms with E-state index in [0.29, 0.717) is 5.92 Å². The minimum atomic E-state index is -0.626. The van der Waals surface area contributed by atoms with E-state index in [4.69, 9.17) is 10.5 Å². The van der Waals surface area contributed by atoms with Gasteiger partial charge in [0.2, 0.25) is 0 Å². The van der Waals surface area contributed by atoms with Gasteiger partial charge in [0.05, 0.1) is 0 Å². The van der Waals surface area contributed by atoms with E-state index in [9.17, 15) is 4.79 Å². The average molecular weight is 325 g/mol. The summed E-state index contributed by atoms with van der Waals surface area (Å²) in [5.41, 5.74) is 5.37. The van der Waals surface area contributed by atoms with E-state index in [-0.39, 0.29) is 11.5 Å². The molecule has 1 rings (SSSR count). The lowest BCUT2D eigenvalue weighted by Crippen LogP contribution is -2.37. The molecule has 3 unspecified atom stereocenters. The normalized spacial score (nSPS) is 29.8. The first kappa shape index (κ1) is 13.1. The molecule has 3 atom stereocenters. The highest BCUT2D eigenvalue weighted by Gasteiger charge is 2.41. The van der Waals surface area contributed by atoms with Crippen molar-refractivity contribution in [2.75, 3.05) is 4.43 Å². The molecule has 1 saturated carbocycles. The van der Waals surface area contributed by atoms with Crippen molar-refractivity contribution in [1.82, 2.24) is 0 Å². The Hall–Kier alpha value is 0. The summed E-state index contributed by atoms with van der Waals surface area (Å²) in [5, 5.41) is 0. The fourth-order valence-electron chi connectivity index (χ4n) is 2.47. The van der Waals surface area contributed by atoms with E-state index in [0.717, 1.165) is 30.1 Å². The van der Waals surface area contributed by atoms with Crippen LogP contribution in [0.1, 0.15) is 39.5 Å². The Morgan fingerprint density at radius 2 is 2.27 bits per heavy atom. The number of nitrogens with two attached hydrogens (primary N) is 1. The molecule has 0 aromatic carbocycles. The Morgan fingerprint density at radius 3 is 2.73 bits per heavy atom. The fourth-order valence-corrected chi connectivity index (χ4v) is 3.57. The second-order valence-electron chi connectivity index (χ2n) is 4.65. The number of halogens is 1. The van der Waals surface area contributed by atoms with Gasteiger partial charge in [0.1, 0.15) is 6.10 Å². The number of hydrogen-bond donors (Lipinski definition) is 1. The van der Waals surface area contributed by atoms with Crippen LogP contribution in [-0.4, -0.2) is 16.6 Å². The predicted molar refractivity (Wildman–Crippen MR) is 69.1 cm³/mol. The number of rotatable bonds is 4. The highest BCUT2D eigenvalue weighted by Crippen LogP contribution is 2.44. The highest BCUT2D eigenvalue weighted by molar-refractivity contribution is 14.1. The second-order valence-corrected chi connectivity index (χ2v) is 5.42. The van der Waals surface area contributed by atoms with Gasteiger partial charge in [-0.15, -0.1) is 0 Å². The van der Waals surface area contributed by atoms with Crippen molar-refractivity contribution in [2.45, 2.75) is 45.6 Å². The summed E-state index contributed by atoms with van der Waals surface area (Å²) in [6.45, 7) is 4.49. The number of carbonyl (C=O) groups is 1. The first-order chi connectivity index (χ1) is 7.03. The SMILES string of the molecule is CCC(C)(CI)C1CCCC1OC(N)=O. The van der Waals surface area contributed by atoms with Crippen LogP contribution in [0.4, 0.5) is 4.79 Å². The third-order valence-corrected chi connectivity index (χ3v) is 5.47. The molecule has 15 heavy (non-hydrogen) atoms. The molecule has 4 heteroatoms. The second kappa shape index (κ2) is 5.37. The average Bonchev–Trinajstić information content (AvgIpc) is 2.64. The molecule has 1 aliphatic rings. The zero-order valence-corrected chi connectivity index (χ0v) is 11.6. The van der Waals surface area contributed by atoms with Gasteiger partial charge in [-0.05, 0) is 31.1 Å². The van der Waals surface area contributed by atoms with E-state index in [1.807, 2.05) is 0 Å². The number of carbonyl (C=O) groups excluding carboxylic acids is 1. The minimum Gasteiger partial charge on any atom is -0.446 e. The molecule has 0 aromatic heterocycles. The molecule has 0 aromatic rings. The smallest absolute Gasteiger partial charge is 0.404 e. The molecule has 1 aliphatic carbocycles. The lowest BCUT2D eigenvalue weighted by atomic mass is 9.75. The molecular weight excluding hydrogens is 305 g/mol. The Balaban J connectivity index is 2.70. The van der Waals surface area contributed by atoms with Crippen molar-refractivity contribution >= 4 is 28.7 Å². The van der Waals surface area contributed by atoms with Crippen LogP contribution in [0.3, 0.4) is 0 Å². The van der Waals surface area contributed by atoms with Gasteiger partial charge in [-0.25, -0.2) is 4.79 Å². The number of hydrogen-bond acceptors (Lipinski definition) is 2. The van der Waals surface area contributed by atoms with Crippen LogP contribution >= 0.6 is 22.6 Å².